The Bertz CT molecular complexity index is 888. The van der Waals surface area contributed by atoms with Gasteiger partial charge in [-0.15, -0.1) is 0 Å². The molecule has 152 valence electrons. The number of para-hydroxylation sites is 1. The van der Waals surface area contributed by atoms with Crippen molar-refractivity contribution in [2.24, 2.45) is 0 Å². The Hall–Kier alpha value is -3.08. The van der Waals surface area contributed by atoms with Crippen LogP contribution in [0.5, 0.6) is 0 Å². The molecule has 0 fully saturated rings. The first-order chi connectivity index (χ1) is 14.1. The summed E-state index contributed by atoms with van der Waals surface area (Å²) in [5, 5.41) is 2.98. The van der Waals surface area contributed by atoms with E-state index in [-0.39, 0.29) is 5.91 Å². The molecule has 0 radical (unpaired) electrons. The molecule has 0 bridgehead atoms. The van der Waals surface area contributed by atoms with Crippen molar-refractivity contribution in [3.8, 4) is 11.3 Å². The summed E-state index contributed by atoms with van der Waals surface area (Å²) in [4.78, 5) is 18.6. The van der Waals surface area contributed by atoms with Crippen molar-refractivity contribution in [1.82, 2.24) is 10.3 Å². The van der Waals surface area contributed by atoms with Gasteiger partial charge in [-0.25, -0.2) is 4.98 Å². The average Bonchev–Trinajstić information content (AvgIpc) is 3.22. The summed E-state index contributed by atoms with van der Waals surface area (Å²) in [5.74, 6) is 1.37. The lowest BCUT2D eigenvalue weighted by Crippen LogP contribution is -2.26. The highest BCUT2D eigenvalue weighted by molar-refractivity contribution is 5.76. The predicted octanol–water partition coefficient (Wildman–Crippen LogP) is 4.62. The minimum absolute atomic E-state index is 0.0384. The number of aromatic nitrogens is 1. The summed E-state index contributed by atoms with van der Waals surface area (Å²) in [6, 6.07) is 18.4. The van der Waals surface area contributed by atoms with E-state index in [0.717, 1.165) is 30.7 Å². The monoisotopic (exact) mass is 391 g/mol. The maximum atomic E-state index is 12.1. The van der Waals surface area contributed by atoms with Crippen molar-refractivity contribution in [1.29, 1.82) is 0 Å². The number of carbonyl (C=O) groups is 1. The van der Waals surface area contributed by atoms with Crippen LogP contribution in [0.4, 0.5) is 5.69 Å². The number of amides is 1. The summed E-state index contributed by atoms with van der Waals surface area (Å²) >= 11 is 0. The summed E-state index contributed by atoms with van der Waals surface area (Å²) in [5.41, 5.74) is 3.42. The number of aryl methyl sites for hydroxylation is 2. The summed E-state index contributed by atoms with van der Waals surface area (Å²) < 4.78 is 5.77. The number of nitrogens with zero attached hydrogens (tertiary/aromatic N) is 2. The average molecular weight is 392 g/mol. The first kappa shape index (κ1) is 20.6. The normalized spacial score (nSPS) is 10.7. The number of benzene rings is 2. The van der Waals surface area contributed by atoms with Gasteiger partial charge in [0.05, 0.1) is 6.20 Å². The highest BCUT2D eigenvalue weighted by Crippen LogP contribution is 2.21. The van der Waals surface area contributed by atoms with E-state index in [1.807, 2.05) is 42.5 Å². The molecule has 5 nitrogen and oxygen atoms in total. The van der Waals surface area contributed by atoms with Crippen LogP contribution in [0, 0.1) is 6.92 Å². The van der Waals surface area contributed by atoms with E-state index in [0.29, 0.717) is 25.3 Å². The fraction of sp³-hybridized carbons (Fsp3) is 0.333. The van der Waals surface area contributed by atoms with Gasteiger partial charge in [0.1, 0.15) is 0 Å². The molecular formula is C24H29N3O2. The highest BCUT2D eigenvalue weighted by atomic mass is 16.4. The number of carbonyl (C=O) groups excluding carboxylic acids is 1. The molecule has 29 heavy (non-hydrogen) atoms. The molecule has 3 rings (SSSR count). The number of oxazole rings is 1. The molecule has 3 aromatic rings. The van der Waals surface area contributed by atoms with Crippen LogP contribution in [0.1, 0.15) is 30.7 Å². The number of anilines is 1. The minimum atomic E-state index is 0.0384. The van der Waals surface area contributed by atoms with E-state index in [2.05, 4.69) is 41.3 Å². The van der Waals surface area contributed by atoms with Crippen molar-refractivity contribution in [3.05, 3.63) is 72.2 Å². The predicted molar refractivity (Wildman–Crippen MR) is 117 cm³/mol. The third-order valence-corrected chi connectivity index (χ3v) is 4.90. The zero-order valence-electron chi connectivity index (χ0n) is 17.2. The number of hydrogen-bond acceptors (Lipinski definition) is 4. The van der Waals surface area contributed by atoms with Gasteiger partial charge in [-0.1, -0.05) is 48.0 Å². The van der Waals surface area contributed by atoms with Crippen LogP contribution in [0.2, 0.25) is 0 Å². The van der Waals surface area contributed by atoms with Crippen molar-refractivity contribution >= 4 is 11.6 Å². The Balaban J connectivity index is 1.32. The molecule has 0 spiro atoms. The summed E-state index contributed by atoms with van der Waals surface area (Å²) in [6.45, 7) is 3.72. The molecule has 1 aromatic heterocycles. The van der Waals surface area contributed by atoms with E-state index >= 15 is 0 Å². The van der Waals surface area contributed by atoms with Gasteiger partial charge in [-0.05, 0) is 31.9 Å². The third kappa shape index (κ3) is 6.49. The Kier molecular flexibility index (Phi) is 7.45. The largest absolute Gasteiger partial charge is 0.441 e. The van der Waals surface area contributed by atoms with Gasteiger partial charge in [0, 0.05) is 44.2 Å². The number of nitrogens with one attached hydrogen (secondary N) is 1. The van der Waals surface area contributed by atoms with Crippen molar-refractivity contribution in [2.75, 3.05) is 25.0 Å². The second-order valence-electron chi connectivity index (χ2n) is 7.30. The molecule has 0 saturated heterocycles. The van der Waals surface area contributed by atoms with Crippen LogP contribution >= 0.6 is 0 Å². The molecule has 5 heteroatoms. The minimum Gasteiger partial charge on any atom is -0.441 e. The highest BCUT2D eigenvalue weighted by Gasteiger charge is 2.09. The second kappa shape index (κ2) is 10.5. The number of unbranched alkanes of at least 4 members (excludes halogenated alkanes) is 1. The lowest BCUT2D eigenvalue weighted by atomic mass is 10.1. The molecule has 0 unspecified atom stereocenters. The molecule has 0 aliphatic carbocycles. The van der Waals surface area contributed by atoms with E-state index < -0.39 is 0 Å². The number of hydrogen-bond donors (Lipinski definition) is 1. The van der Waals surface area contributed by atoms with Crippen LogP contribution in [0.25, 0.3) is 11.3 Å². The van der Waals surface area contributed by atoms with Gasteiger partial charge in [-0.3, -0.25) is 4.79 Å². The topological polar surface area (TPSA) is 58.4 Å². The first-order valence-electron chi connectivity index (χ1n) is 10.2. The van der Waals surface area contributed by atoms with Gasteiger partial charge in [0.2, 0.25) is 5.91 Å². The Morgan fingerprint density at radius 2 is 1.83 bits per heavy atom. The standard InChI is InChI=1S/C24H29N3O2/c1-19-10-12-20(13-11-19)22-18-26-24(29-22)15-14-23(28)25-16-6-7-17-27(2)21-8-4-3-5-9-21/h3-5,8-13,18H,6-7,14-17H2,1-2H3,(H,25,28). The second-order valence-corrected chi connectivity index (χ2v) is 7.30. The van der Waals surface area contributed by atoms with Gasteiger partial charge >= 0.3 is 0 Å². The van der Waals surface area contributed by atoms with Crippen LogP contribution in [0.15, 0.2) is 65.2 Å². The van der Waals surface area contributed by atoms with Crippen LogP contribution in [-0.4, -0.2) is 31.0 Å². The molecule has 0 saturated carbocycles. The maximum Gasteiger partial charge on any atom is 0.220 e. The number of rotatable bonds is 10. The third-order valence-electron chi connectivity index (χ3n) is 4.90. The SMILES string of the molecule is Cc1ccc(-c2cnc(CCC(=O)NCCCCN(C)c3ccccc3)o2)cc1. The lowest BCUT2D eigenvalue weighted by Gasteiger charge is -2.19. The fourth-order valence-electron chi connectivity index (χ4n) is 3.10. The quantitative estimate of drug-likeness (QED) is 0.513. The zero-order chi connectivity index (χ0) is 20.5. The molecule has 0 atom stereocenters. The van der Waals surface area contributed by atoms with E-state index in [1.165, 1.54) is 11.3 Å². The van der Waals surface area contributed by atoms with Crippen LogP contribution in [-0.2, 0) is 11.2 Å². The van der Waals surface area contributed by atoms with E-state index in [4.69, 9.17) is 4.42 Å². The fourth-order valence-corrected chi connectivity index (χ4v) is 3.10. The summed E-state index contributed by atoms with van der Waals surface area (Å²) in [7, 11) is 2.09. The van der Waals surface area contributed by atoms with Crippen molar-refractivity contribution in [2.45, 2.75) is 32.6 Å². The molecular weight excluding hydrogens is 362 g/mol. The van der Waals surface area contributed by atoms with Gasteiger partial charge in [0.15, 0.2) is 11.7 Å². The van der Waals surface area contributed by atoms with Crippen LogP contribution in [0.3, 0.4) is 0 Å². The van der Waals surface area contributed by atoms with Gasteiger partial charge in [-0.2, -0.15) is 0 Å². The molecule has 0 aliphatic rings. The molecule has 1 N–H and O–H groups in total. The Morgan fingerprint density at radius 3 is 2.59 bits per heavy atom. The first-order valence-corrected chi connectivity index (χ1v) is 10.2. The van der Waals surface area contributed by atoms with Crippen LogP contribution < -0.4 is 10.2 Å². The lowest BCUT2D eigenvalue weighted by molar-refractivity contribution is -0.121. The molecule has 1 amide bonds. The zero-order valence-corrected chi connectivity index (χ0v) is 17.2. The van der Waals surface area contributed by atoms with Crippen molar-refractivity contribution < 1.29 is 9.21 Å². The van der Waals surface area contributed by atoms with Crippen molar-refractivity contribution in [3.63, 3.8) is 0 Å². The van der Waals surface area contributed by atoms with E-state index in [1.54, 1.807) is 6.20 Å². The maximum absolute atomic E-state index is 12.1. The van der Waals surface area contributed by atoms with Gasteiger partial charge in [0.25, 0.3) is 0 Å². The summed E-state index contributed by atoms with van der Waals surface area (Å²) in [6.07, 6.45) is 4.61. The molecule has 1 heterocycles. The van der Waals surface area contributed by atoms with E-state index in [9.17, 15) is 4.79 Å². The Morgan fingerprint density at radius 1 is 1.07 bits per heavy atom. The Labute approximate surface area is 172 Å². The molecule has 0 aliphatic heterocycles. The smallest absolute Gasteiger partial charge is 0.220 e. The molecule has 2 aromatic carbocycles. The van der Waals surface area contributed by atoms with Gasteiger partial charge < -0.3 is 14.6 Å².